The lowest BCUT2D eigenvalue weighted by molar-refractivity contribution is 0.103. The first-order chi connectivity index (χ1) is 11.7. The van der Waals surface area contributed by atoms with E-state index in [4.69, 9.17) is 0 Å². The number of thiazole rings is 1. The largest absolute Gasteiger partial charge is 0.289 e. The molecule has 0 radical (unpaired) electrons. The van der Waals surface area contributed by atoms with Crippen LogP contribution in [0.4, 0.5) is 4.39 Å². The number of hydrogen-bond acceptors (Lipinski definition) is 3. The predicted molar refractivity (Wildman–Crippen MR) is 94.9 cm³/mol. The van der Waals surface area contributed by atoms with Crippen LogP contribution in [0.15, 0.2) is 72.8 Å². The summed E-state index contributed by atoms with van der Waals surface area (Å²) >= 11 is 1.56. The Bertz CT molecular complexity index is 1000. The van der Waals surface area contributed by atoms with Crippen LogP contribution in [-0.4, -0.2) is 10.8 Å². The van der Waals surface area contributed by atoms with Crippen LogP contribution in [0.1, 0.15) is 15.9 Å². The zero-order valence-corrected chi connectivity index (χ0v) is 13.4. The van der Waals surface area contributed by atoms with Gasteiger partial charge in [-0.1, -0.05) is 36.4 Å². The number of fused-ring (bicyclic) bond motifs is 1. The number of para-hydroxylation sites is 1. The Morgan fingerprint density at radius 2 is 1.58 bits per heavy atom. The van der Waals surface area contributed by atoms with Crippen molar-refractivity contribution >= 4 is 27.3 Å². The first kappa shape index (κ1) is 14.7. The number of carbonyl (C=O) groups excluding carboxylic acids is 1. The molecule has 4 rings (SSSR count). The van der Waals surface area contributed by atoms with Gasteiger partial charge in [0.2, 0.25) is 0 Å². The van der Waals surface area contributed by atoms with Crippen LogP contribution >= 0.6 is 11.3 Å². The van der Waals surface area contributed by atoms with Gasteiger partial charge in [0.25, 0.3) is 0 Å². The van der Waals surface area contributed by atoms with E-state index >= 15 is 0 Å². The highest BCUT2D eigenvalue weighted by molar-refractivity contribution is 7.21. The summed E-state index contributed by atoms with van der Waals surface area (Å²) in [7, 11) is 0. The van der Waals surface area contributed by atoms with Crippen LogP contribution in [-0.2, 0) is 0 Å². The van der Waals surface area contributed by atoms with Crippen molar-refractivity contribution in [1.82, 2.24) is 4.98 Å². The van der Waals surface area contributed by atoms with E-state index in [2.05, 4.69) is 4.98 Å². The predicted octanol–water partition coefficient (Wildman–Crippen LogP) is 5.33. The van der Waals surface area contributed by atoms with E-state index in [1.165, 1.54) is 24.3 Å². The van der Waals surface area contributed by atoms with E-state index in [0.717, 1.165) is 20.8 Å². The van der Waals surface area contributed by atoms with E-state index in [1.807, 2.05) is 42.5 Å². The zero-order valence-electron chi connectivity index (χ0n) is 12.6. The number of rotatable bonds is 3. The highest BCUT2D eigenvalue weighted by Crippen LogP contribution is 2.32. The van der Waals surface area contributed by atoms with Crippen molar-refractivity contribution in [2.24, 2.45) is 0 Å². The summed E-state index contributed by atoms with van der Waals surface area (Å²) in [5.41, 5.74) is 2.75. The molecule has 0 spiro atoms. The van der Waals surface area contributed by atoms with Gasteiger partial charge in [-0.25, -0.2) is 9.37 Å². The first-order valence-corrected chi connectivity index (χ1v) is 8.29. The lowest BCUT2D eigenvalue weighted by Gasteiger charge is -2.06. The van der Waals surface area contributed by atoms with Crippen molar-refractivity contribution in [2.75, 3.05) is 0 Å². The Morgan fingerprint density at radius 1 is 0.875 bits per heavy atom. The number of benzene rings is 3. The number of hydrogen-bond donors (Lipinski definition) is 0. The molecule has 0 aliphatic rings. The summed E-state index contributed by atoms with van der Waals surface area (Å²) in [5, 5.41) is 0.808. The maximum absolute atomic E-state index is 13.1. The van der Waals surface area contributed by atoms with Crippen molar-refractivity contribution in [3.8, 4) is 10.6 Å². The van der Waals surface area contributed by atoms with Gasteiger partial charge in [-0.2, -0.15) is 0 Å². The number of carbonyl (C=O) groups is 1. The highest BCUT2D eigenvalue weighted by atomic mass is 32.1. The number of ketones is 1. The average Bonchev–Trinajstić information content (AvgIpc) is 3.06. The molecule has 1 aromatic heterocycles. The van der Waals surface area contributed by atoms with Crippen LogP contribution in [0, 0.1) is 5.82 Å². The molecule has 0 aliphatic carbocycles. The molecule has 3 aromatic carbocycles. The van der Waals surface area contributed by atoms with Crippen LogP contribution in [0.3, 0.4) is 0 Å². The highest BCUT2D eigenvalue weighted by Gasteiger charge is 2.17. The second-order valence-corrected chi connectivity index (χ2v) is 6.40. The van der Waals surface area contributed by atoms with Crippen molar-refractivity contribution in [3.63, 3.8) is 0 Å². The van der Waals surface area contributed by atoms with E-state index in [-0.39, 0.29) is 11.6 Å². The summed E-state index contributed by atoms with van der Waals surface area (Å²) in [6.07, 6.45) is 0. The SMILES string of the molecule is O=C(c1ccc(F)cc1)c1ccccc1-c1nc2ccccc2s1. The zero-order chi connectivity index (χ0) is 16.5. The summed E-state index contributed by atoms with van der Waals surface area (Å²) < 4.78 is 14.2. The molecule has 0 saturated carbocycles. The molecular weight excluding hydrogens is 321 g/mol. The van der Waals surface area contributed by atoms with Crippen LogP contribution in [0.5, 0.6) is 0 Å². The van der Waals surface area contributed by atoms with Crippen molar-refractivity contribution in [1.29, 1.82) is 0 Å². The molecule has 0 N–H and O–H groups in total. The van der Waals surface area contributed by atoms with Gasteiger partial charge in [-0.3, -0.25) is 4.79 Å². The Morgan fingerprint density at radius 3 is 2.38 bits per heavy atom. The van der Waals surface area contributed by atoms with Gasteiger partial charge in [0.15, 0.2) is 5.78 Å². The van der Waals surface area contributed by atoms with E-state index in [1.54, 1.807) is 17.4 Å². The third-order valence-corrected chi connectivity index (χ3v) is 4.87. The molecule has 24 heavy (non-hydrogen) atoms. The smallest absolute Gasteiger partial charge is 0.193 e. The van der Waals surface area contributed by atoms with Gasteiger partial charge in [0.05, 0.1) is 10.2 Å². The van der Waals surface area contributed by atoms with E-state index in [9.17, 15) is 9.18 Å². The van der Waals surface area contributed by atoms with Crippen LogP contribution in [0.2, 0.25) is 0 Å². The van der Waals surface area contributed by atoms with Crippen LogP contribution in [0.25, 0.3) is 20.8 Å². The fourth-order valence-corrected chi connectivity index (χ4v) is 3.62. The second kappa shape index (κ2) is 5.98. The van der Waals surface area contributed by atoms with Gasteiger partial charge in [-0.05, 0) is 36.4 Å². The number of halogens is 1. The Labute approximate surface area is 142 Å². The Hall–Kier alpha value is -2.85. The van der Waals surface area contributed by atoms with Gasteiger partial charge in [0.1, 0.15) is 10.8 Å². The molecule has 4 heteroatoms. The van der Waals surface area contributed by atoms with E-state index in [0.29, 0.717) is 11.1 Å². The minimum absolute atomic E-state index is 0.134. The van der Waals surface area contributed by atoms with Crippen molar-refractivity contribution in [3.05, 3.63) is 89.7 Å². The normalized spacial score (nSPS) is 10.9. The average molecular weight is 333 g/mol. The Kier molecular flexibility index (Phi) is 3.67. The van der Waals surface area contributed by atoms with E-state index < -0.39 is 0 Å². The van der Waals surface area contributed by atoms with Crippen molar-refractivity contribution in [2.45, 2.75) is 0 Å². The minimum atomic E-state index is -0.356. The van der Waals surface area contributed by atoms with Crippen molar-refractivity contribution < 1.29 is 9.18 Å². The van der Waals surface area contributed by atoms with Crippen LogP contribution < -0.4 is 0 Å². The minimum Gasteiger partial charge on any atom is -0.289 e. The third-order valence-electron chi connectivity index (χ3n) is 3.80. The summed E-state index contributed by atoms with van der Waals surface area (Å²) in [4.78, 5) is 17.5. The molecule has 0 fully saturated rings. The van der Waals surface area contributed by atoms with Gasteiger partial charge in [-0.15, -0.1) is 11.3 Å². The molecule has 0 bridgehead atoms. The monoisotopic (exact) mass is 333 g/mol. The molecule has 2 nitrogen and oxygen atoms in total. The molecule has 1 heterocycles. The topological polar surface area (TPSA) is 30.0 Å². The van der Waals surface area contributed by atoms with Gasteiger partial charge >= 0.3 is 0 Å². The molecule has 0 unspecified atom stereocenters. The summed E-state index contributed by atoms with van der Waals surface area (Å²) in [6.45, 7) is 0. The number of nitrogens with zero attached hydrogens (tertiary/aromatic N) is 1. The fourth-order valence-electron chi connectivity index (χ4n) is 2.61. The molecule has 116 valence electrons. The summed E-state index contributed by atoms with van der Waals surface area (Å²) in [5.74, 6) is -0.490. The molecule has 0 aliphatic heterocycles. The molecular formula is C20H12FNOS. The van der Waals surface area contributed by atoms with Gasteiger partial charge < -0.3 is 0 Å². The van der Waals surface area contributed by atoms with Gasteiger partial charge in [0, 0.05) is 16.7 Å². The Balaban J connectivity index is 1.83. The lowest BCUT2D eigenvalue weighted by atomic mass is 9.98. The quantitative estimate of drug-likeness (QED) is 0.474. The fraction of sp³-hybridized carbons (Fsp3) is 0. The number of aromatic nitrogens is 1. The third kappa shape index (κ3) is 2.61. The molecule has 0 amide bonds. The first-order valence-electron chi connectivity index (χ1n) is 7.47. The molecule has 0 saturated heterocycles. The second-order valence-electron chi connectivity index (χ2n) is 5.37. The summed E-state index contributed by atoms with van der Waals surface area (Å²) in [6, 6.07) is 20.9. The maximum atomic E-state index is 13.1. The lowest BCUT2D eigenvalue weighted by Crippen LogP contribution is -2.03. The molecule has 0 atom stereocenters. The standard InChI is InChI=1S/C20H12FNOS/c21-14-11-9-13(10-12-14)19(23)15-5-1-2-6-16(15)20-22-17-7-3-4-8-18(17)24-20/h1-12H. The maximum Gasteiger partial charge on any atom is 0.193 e. The molecule has 4 aromatic rings.